The highest BCUT2D eigenvalue weighted by Crippen LogP contribution is 2.23. The van der Waals surface area contributed by atoms with Gasteiger partial charge in [0.2, 0.25) is 5.95 Å². The van der Waals surface area contributed by atoms with E-state index in [0.717, 1.165) is 31.2 Å². The van der Waals surface area contributed by atoms with Gasteiger partial charge in [0.05, 0.1) is 6.54 Å². The fourth-order valence-corrected chi connectivity index (χ4v) is 2.37. The van der Waals surface area contributed by atoms with Crippen LogP contribution in [0.1, 0.15) is 6.42 Å². The highest BCUT2D eigenvalue weighted by Gasteiger charge is 2.25. The van der Waals surface area contributed by atoms with Crippen molar-refractivity contribution in [1.29, 1.82) is 0 Å². The summed E-state index contributed by atoms with van der Waals surface area (Å²) >= 11 is 5.94. The van der Waals surface area contributed by atoms with E-state index in [2.05, 4.69) is 14.9 Å². The lowest BCUT2D eigenvalue weighted by Gasteiger charge is -2.16. The molecule has 1 aliphatic heterocycles. The molecule has 0 spiro atoms. The second-order valence-corrected chi connectivity index (χ2v) is 4.92. The first kappa shape index (κ1) is 12.2. The molecule has 5 heteroatoms. The zero-order valence-corrected chi connectivity index (χ0v) is 11.1. The van der Waals surface area contributed by atoms with Crippen LogP contribution in [0.3, 0.4) is 0 Å². The predicted octanol–water partition coefficient (Wildman–Crippen LogP) is 2.79. The Labute approximate surface area is 117 Å². The molecule has 1 atom stereocenters. The molecule has 1 unspecified atom stereocenters. The van der Waals surface area contributed by atoms with E-state index in [9.17, 15) is 0 Å². The number of benzene rings is 1. The summed E-state index contributed by atoms with van der Waals surface area (Å²) in [4.78, 5) is 10.6. The van der Waals surface area contributed by atoms with Crippen LogP contribution >= 0.6 is 11.6 Å². The Hall–Kier alpha value is -1.81. The van der Waals surface area contributed by atoms with Gasteiger partial charge in [-0.15, -0.1) is 0 Å². The molecule has 19 heavy (non-hydrogen) atoms. The minimum Gasteiger partial charge on any atom is -0.488 e. The smallest absolute Gasteiger partial charge is 0.225 e. The number of hydrogen-bond acceptors (Lipinski definition) is 4. The maximum absolute atomic E-state index is 5.94. The third-order valence-corrected chi connectivity index (χ3v) is 3.31. The average Bonchev–Trinajstić information content (AvgIpc) is 2.88. The van der Waals surface area contributed by atoms with Crippen LogP contribution in [0.4, 0.5) is 5.95 Å². The Morgan fingerprint density at radius 2 is 2.05 bits per heavy atom. The first-order chi connectivity index (χ1) is 9.31. The molecule has 2 aromatic rings. The molecule has 3 rings (SSSR count). The van der Waals surface area contributed by atoms with Gasteiger partial charge in [-0.25, -0.2) is 9.97 Å². The van der Waals surface area contributed by atoms with E-state index < -0.39 is 0 Å². The zero-order valence-electron chi connectivity index (χ0n) is 10.4. The highest BCUT2D eigenvalue weighted by atomic mass is 35.5. The monoisotopic (exact) mass is 275 g/mol. The van der Waals surface area contributed by atoms with Crippen LogP contribution in [0.2, 0.25) is 5.02 Å². The number of anilines is 1. The van der Waals surface area contributed by atoms with Gasteiger partial charge in [-0.1, -0.05) is 17.7 Å². The van der Waals surface area contributed by atoms with Gasteiger partial charge in [-0.2, -0.15) is 0 Å². The standard InChI is InChI=1S/C14H14ClN3O/c15-11-3-1-4-12(9-11)19-13-5-8-18(10-13)14-16-6-2-7-17-14/h1-4,6-7,9,13H,5,8,10H2. The quantitative estimate of drug-likeness (QED) is 0.863. The van der Waals surface area contributed by atoms with Gasteiger partial charge in [0.1, 0.15) is 11.9 Å². The molecule has 2 heterocycles. The van der Waals surface area contributed by atoms with Gasteiger partial charge in [0.15, 0.2) is 0 Å². The second kappa shape index (κ2) is 5.45. The molecule has 1 aromatic carbocycles. The van der Waals surface area contributed by atoms with Crippen molar-refractivity contribution < 1.29 is 4.74 Å². The Kier molecular flexibility index (Phi) is 3.51. The lowest BCUT2D eigenvalue weighted by Crippen LogP contribution is -2.25. The van der Waals surface area contributed by atoms with E-state index in [0.29, 0.717) is 5.02 Å². The van der Waals surface area contributed by atoms with E-state index >= 15 is 0 Å². The highest BCUT2D eigenvalue weighted by molar-refractivity contribution is 6.30. The van der Waals surface area contributed by atoms with Crippen molar-refractivity contribution in [3.05, 3.63) is 47.7 Å². The lowest BCUT2D eigenvalue weighted by molar-refractivity contribution is 0.225. The Morgan fingerprint density at radius 3 is 2.84 bits per heavy atom. The van der Waals surface area contributed by atoms with Crippen LogP contribution in [0.25, 0.3) is 0 Å². The normalized spacial score (nSPS) is 18.6. The number of hydrogen-bond donors (Lipinski definition) is 0. The van der Waals surface area contributed by atoms with Crippen LogP contribution in [-0.2, 0) is 0 Å². The largest absolute Gasteiger partial charge is 0.488 e. The Morgan fingerprint density at radius 1 is 1.21 bits per heavy atom. The Bertz CT molecular complexity index is 549. The molecule has 0 radical (unpaired) electrons. The average molecular weight is 276 g/mol. The molecule has 1 saturated heterocycles. The SMILES string of the molecule is Clc1cccc(OC2CCN(c3ncccn3)C2)c1. The van der Waals surface area contributed by atoms with Crippen LogP contribution in [0, 0.1) is 0 Å². The third-order valence-electron chi connectivity index (χ3n) is 3.08. The van der Waals surface area contributed by atoms with Crippen molar-refractivity contribution in [2.24, 2.45) is 0 Å². The molecule has 1 aromatic heterocycles. The summed E-state index contributed by atoms with van der Waals surface area (Å²) in [5.74, 6) is 1.58. The number of rotatable bonds is 3. The number of ether oxygens (including phenoxy) is 1. The van der Waals surface area contributed by atoms with Gasteiger partial charge in [-0.05, 0) is 24.3 Å². The van der Waals surface area contributed by atoms with Crippen molar-refractivity contribution in [3.63, 3.8) is 0 Å². The second-order valence-electron chi connectivity index (χ2n) is 4.48. The van der Waals surface area contributed by atoms with Crippen molar-refractivity contribution in [1.82, 2.24) is 9.97 Å². The van der Waals surface area contributed by atoms with Gasteiger partial charge in [0, 0.05) is 30.4 Å². The molecular formula is C14H14ClN3O. The summed E-state index contributed by atoms with van der Waals surface area (Å²) < 4.78 is 5.93. The fraction of sp³-hybridized carbons (Fsp3) is 0.286. The van der Waals surface area contributed by atoms with Crippen LogP contribution in [-0.4, -0.2) is 29.2 Å². The Balaban J connectivity index is 1.63. The first-order valence-electron chi connectivity index (χ1n) is 6.25. The molecule has 0 N–H and O–H groups in total. The first-order valence-corrected chi connectivity index (χ1v) is 6.63. The third kappa shape index (κ3) is 2.96. The maximum atomic E-state index is 5.94. The maximum Gasteiger partial charge on any atom is 0.225 e. The van der Waals surface area contributed by atoms with E-state index in [-0.39, 0.29) is 6.10 Å². The molecule has 98 valence electrons. The number of aromatic nitrogens is 2. The van der Waals surface area contributed by atoms with Crippen molar-refractivity contribution in [2.75, 3.05) is 18.0 Å². The molecule has 4 nitrogen and oxygen atoms in total. The van der Waals surface area contributed by atoms with Crippen LogP contribution < -0.4 is 9.64 Å². The van der Waals surface area contributed by atoms with Crippen LogP contribution in [0.15, 0.2) is 42.7 Å². The summed E-state index contributed by atoms with van der Waals surface area (Å²) in [7, 11) is 0. The number of nitrogens with zero attached hydrogens (tertiary/aromatic N) is 3. The zero-order chi connectivity index (χ0) is 13.1. The van der Waals surface area contributed by atoms with E-state index in [1.807, 2.05) is 30.3 Å². The molecule has 1 fully saturated rings. The van der Waals surface area contributed by atoms with Gasteiger partial charge in [-0.3, -0.25) is 0 Å². The lowest BCUT2D eigenvalue weighted by atomic mass is 10.3. The van der Waals surface area contributed by atoms with Gasteiger partial charge >= 0.3 is 0 Å². The molecule has 0 amide bonds. The van der Waals surface area contributed by atoms with Crippen molar-refractivity contribution in [2.45, 2.75) is 12.5 Å². The van der Waals surface area contributed by atoms with E-state index in [4.69, 9.17) is 16.3 Å². The van der Waals surface area contributed by atoms with E-state index in [1.54, 1.807) is 12.4 Å². The topological polar surface area (TPSA) is 38.2 Å². The summed E-state index contributed by atoms with van der Waals surface area (Å²) in [5.41, 5.74) is 0. The fourth-order valence-electron chi connectivity index (χ4n) is 2.19. The summed E-state index contributed by atoms with van der Waals surface area (Å²) in [6.45, 7) is 1.71. The molecule has 1 aliphatic rings. The molecular weight excluding hydrogens is 262 g/mol. The van der Waals surface area contributed by atoms with Gasteiger partial charge in [0.25, 0.3) is 0 Å². The van der Waals surface area contributed by atoms with E-state index in [1.165, 1.54) is 0 Å². The summed E-state index contributed by atoms with van der Waals surface area (Å²) in [5, 5.41) is 0.693. The molecule has 0 saturated carbocycles. The molecule has 0 aliphatic carbocycles. The summed E-state index contributed by atoms with van der Waals surface area (Å²) in [6.07, 6.45) is 4.63. The van der Waals surface area contributed by atoms with Crippen LogP contribution in [0.5, 0.6) is 5.75 Å². The van der Waals surface area contributed by atoms with Crippen molar-refractivity contribution >= 4 is 17.5 Å². The summed E-state index contributed by atoms with van der Waals surface area (Å²) in [6, 6.07) is 9.31. The minimum atomic E-state index is 0.155. The predicted molar refractivity (Wildman–Crippen MR) is 74.7 cm³/mol. The molecule has 0 bridgehead atoms. The van der Waals surface area contributed by atoms with Crippen molar-refractivity contribution in [3.8, 4) is 5.75 Å². The number of halogens is 1. The minimum absolute atomic E-state index is 0.155. The van der Waals surface area contributed by atoms with Gasteiger partial charge < -0.3 is 9.64 Å².